The van der Waals surface area contributed by atoms with Gasteiger partial charge in [0.25, 0.3) is 0 Å². The minimum atomic E-state index is 0.777. The van der Waals surface area contributed by atoms with Crippen LogP contribution < -0.4 is 5.73 Å². The second-order valence-corrected chi connectivity index (χ2v) is 8.72. The van der Waals surface area contributed by atoms with Crippen LogP contribution >= 0.6 is 11.8 Å². The summed E-state index contributed by atoms with van der Waals surface area (Å²) in [5, 5.41) is 0. The maximum absolute atomic E-state index is 6.06. The topological polar surface area (TPSA) is 26.0 Å². The first kappa shape index (κ1) is 20.8. The smallest absolute Gasteiger partial charge is 0.0455 e. The number of thioether (sulfide) groups is 1. The fourth-order valence-corrected chi connectivity index (χ4v) is 4.28. The lowest BCUT2D eigenvalue weighted by molar-refractivity contribution is 1.47. The Bertz CT molecular complexity index is 1230. The molecule has 0 spiro atoms. The van der Waals surface area contributed by atoms with Gasteiger partial charge in [0.05, 0.1) is 0 Å². The summed E-state index contributed by atoms with van der Waals surface area (Å²) >= 11 is 1.60. The Morgan fingerprint density at radius 1 is 0.645 bits per heavy atom. The van der Waals surface area contributed by atoms with Crippen molar-refractivity contribution in [1.29, 1.82) is 0 Å². The van der Waals surface area contributed by atoms with Gasteiger partial charge in [-0.3, -0.25) is 0 Å². The zero-order valence-electron chi connectivity index (χ0n) is 17.6. The molecule has 0 aliphatic carbocycles. The van der Waals surface area contributed by atoms with Crippen LogP contribution in [0.2, 0.25) is 0 Å². The zero-order valence-corrected chi connectivity index (χ0v) is 18.5. The number of allylic oxidation sites excluding steroid dienone is 1. The molecule has 152 valence electrons. The average Bonchev–Trinajstić information content (AvgIpc) is 2.81. The lowest BCUT2D eigenvalue weighted by Crippen LogP contribution is -1.88. The number of hydrogen-bond acceptors (Lipinski definition) is 2. The van der Waals surface area contributed by atoms with E-state index in [1.54, 1.807) is 11.8 Å². The van der Waals surface area contributed by atoms with Crippen molar-refractivity contribution in [2.24, 2.45) is 0 Å². The first-order valence-electron chi connectivity index (χ1n) is 10.2. The van der Waals surface area contributed by atoms with Gasteiger partial charge in [0, 0.05) is 15.5 Å². The van der Waals surface area contributed by atoms with Crippen LogP contribution in [0.1, 0.15) is 18.1 Å². The highest BCUT2D eigenvalue weighted by atomic mass is 32.2. The second-order valence-electron chi connectivity index (χ2n) is 7.58. The molecule has 31 heavy (non-hydrogen) atoms. The van der Waals surface area contributed by atoms with Gasteiger partial charge in [-0.25, -0.2) is 0 Å². The van der Waals surface area contributed by atoms with Crippen LogP contribution in [0, 0.1) is 0 Å². The fourth-order valence-electron chi connectivity index (χ4n) is 3.43. The van der Waals surface area contributed by atoms with Crippen LogP contribution in [0.4, 0.5) is 5.69 Å². The van der Waals surface area contributed by atoms with Crippen molar-refractivity contribution in [2.75, 3.05) is 5.73 Å². The average molecular weight is 420 g/mol. The Labute approximate surface area is 189 Å². The van der Waals surface area contributed by atoms with Crippen molar-refractivity contribution in [1.82, 2.24) is 0 Å². The largest absolute Gasteiger partial charge is 0.398 e. The van der Waals surface area contributed by atoms with Crippen LogP contribution in [0.5, 0.6) is 0 Å². The molecular weight excluding hydrogens is 394 g/mol. The van der Waals surface area contributed by atoms with Crippen molar-refractivity contribution in [3.8, 4) is 22.3 Å². The van der Waals surface area contributed by atoms with Gasteiger partial charge < -0.3 is 5.73 Å². The highest BCUT2D eigenvalue weighted by Gasteiger charge is 2.06. The Balaban J connectivity index is 1.50. The van der Waals surface area contributed by atoms with Gasteiger partial charge in [-0.05, 0) is 58.5 Å². The van der Waals surface area contributed by atoms with Gasteiger partial charge in [-0.1, -0.05) is 109 Å². The summed E-state index contributed by atoms with van der Waals surface area (Å²) in [6.07, 6.45) is 0. The third kappa shape index (κ3) is 4.82. The van der Waals surface area contributed by atoms with E-state index in [0.29, 0.717) is 0 Å². The van der Waals surface area contributed by atoms with E-state index in [0.717, 1.165) is 26.6 Å². The van der Waals surface area contributed by atoms with Gasteiger partial charge in [-0.15, -0.1) is 0 Å². The number of rotatable bonds is 6. The minimum Gasteiger partial charge on any atom is -0.398 e. The molecule has 4 aromatic carbocycles. The molecule has 0 unspecified atom stereocenters. The summed E-state index contributed by atoms with van der Waals surface area (Å²) in [5.74, 6) is 0. The summed E-state index contributed by atoms with van der Waals surface area (Å²) < 4.78 is 0. The highest BCUT2D eigenvalue weighted by molar-refractivity contribution is 8.08. The highest BCUT2D eigenvalue weighted by Crippen LogP contribution is 2.36. The number of hydrogen-bond donors (Lipinski definition) is 1. The molecule has 1 nitrogen and oxygen atoms in total. The number of nitrogens with two attached hydrogens (primary N) is 1. The van der Waals surface area contributed by atoms with Crippen molar-refractivity contribution < 1.29 is 0 Å². The molecule has 0 heterocycles. The van der Waals surface area contributed by atoms with E-state index < -0.39 is 0 Å². The summed E-state index contributed by atoms with van der Waals surface area (Å²) in [7, 11) is 0. The summed E-state index contributed by atoms with van der Waals surface area (Å²) in [6.45, 7) is 10.3. The van der Waals surface area contributed by atoms with E-state index in [-0.39, 0.29) is 0 Å². The zero-order chi connectivity index (χ0) is 21.8. The molecule has 0 aliphatic heterocycles. The van der Waals surface area contributed by atoms with E-state index >= 15 is 0 Å². The van der Waals surface area contributed by atoms with Gasteiger partial charge in [0.15, 0.2) is 0 Å². The van der Waals surface area contributed by atoms with Crippen molar-refractivity contribution >= 4 is 27.9 Å². The Hall–Kier alpha value is -3.49. The lowest BCUT2D eigenvalue weighted by atomic mass is 9.97. The normalized spacial score (nSPS) is 10.6. The number of nitrogen functional groups attached to an aromatic ring is 1. The van der Waals surface area contributed by atoms with E-state index in [9.17, 15) is 0 Å². The number of anilines is 1. The second kappa shape index (κ2) is 9.11. The molecule has 2 N–H and O–H groups in total. The molecule has 0 amide bonds. The SMILES string of the molecule is C=C(C)c1cccc(-c2ccc(-c3ccc(C(=C)Sc4ccccc4N)cc3)cc2)c1. The molecule has 0 saturated carbocycles. The molecule has 0 radical (unpaired) electrons. The van der Waals surface area contributed by atoms with Gasteiger partial charge >= 0.3 is 0 Å². The first-order chi connectivity index (χ1) is 15.0. The Morgan fingerprint density at radius 2 is 1.23 bits per heavy atom. The lowest BCUT2D eigenvalue weighted by Gasteiger charge is -2.10. The van der Waals surface area contributed by atoms with Gasteiger partial charge in [0.2, 0.25) is 0 Å². The molecule has 0 fully saturated rings. The molecule has 0 atom stereocenters. The molecule has 4 rings (SSSR count). The molecular formula is C29H25NS. The third-order valence-electron chi connectivity index (χ3n) is 5.27. The van der Waals surface area contributed by atoms with Crippen molar-refractivity contribution in [2.45, 2.75) is 11.8 Å². The minimum absolute atomic E-state index is 0.777. The van der Waals surface area contributed by atoms with E-state index in [1.165, 1.54) is 27.8 Å². The quantitative estimate of drug-likeness (QED) is 0.251. The third-order valence-corrected chi connectivity index (χ3v) is 6.34. The monoisotopic (exact) mass is 419 g/mol. The predicted molar refractivity (Wildman–Crippen MR) is 138 cm³/mol. The first-order valence-corrected chi connectivity index (χ1v) is 11.0. The van der Waals surface area contributed by atoms with E-state index in [1.807, 2.05) is 31.2 Å². The molecule has 0 bridgehead atoms. The van der Waals surface area contributed by atoms with Crippen LogP contribution in [0.25, 0.3) is 32.7 Å². The van der Waals surface area contributed by atoms with E-state index in [4.69, 9.17) is 5.73 Å². The Kier molecular flexibility index (Phi) is 6.11. The van der Waals surface area contributed by atoms with Crippen LogP contribution in [0.15, 0.2) is 115 Å². The maximum atomic E-state index is 6.06. The van der Waals surface area contributed by atoms with E-state index in [2.05, 4.69) is 86.0 Å². The Morgan fingerprint density at radius 3 is 1.84 bits per heavy atom. The molecule has 2 heteroatoms. The number of para-hydroxylation sites is 1. The fraction of sp³-hybridized carbons (Fsp3) is 0.0345. The van der Waals surface area contributed by atoms with Crippen molar-refractivity contribution in [3.05, 3.63) is 121 Å². The number of benzene rings is 4. The molecule has 0 aliphatic rings. The van der Waals surface area contributed by atoms with Crippen LogP contribution in [-0.4, -0.2) is 0 Å². The van der Waals surface area contributed by atoms with Gasteiger partial charge in [0.1, 0.15) is 0 Å². The maximum Gasteiger partial charge on any atom is 0.0455 e. The summed E-state index contributed by atoms with van der Waals surface area (Å²) in [4.78, 5) is 2.01. The summed E-state index contributed by atoms with van der Waals surface area (Å²) in [6, 6.07) is 33.6. The van der Waals surface area contributed by atoms with Crippen LogP contribution in [0.3, 0.4) is 0 Å². The van der Waals surface area contributed by atoms with Gasteiger partial charge in [-0.2, -0.15) is 0 Å². The van der Waals surface area contributed by atoms with Crippen LogP contribution in [-0.2, 0) is 0 Å². The standard InChI is InChI=1S/C29H25NS/c1-20(2)26-7-6-8-27(19-26)25-17-15-24(16-18-25)23-13-11-22(12-14-23)21(3)31-29-10-5-4-9-28(29)30/h4-19H,1,3,30H2,2H3. The molecule has 0 aromatic heterocycles. The molecule has 0 saturated heterocycles. The van der Waals surface area contributed by atoms with Crippen molar-refractivity contribution in [3.63, 3.8) is 0 Å². The predicted octanol–water partition coefficient (Wildman–Crippen LogP) is 8.40. The summed E-state index contributed by atoms with van der Waals surface area (Å²) in [5.41, 5.74) is 15.0. The molecule has 4 aromatic rings.